The van der Waals surface area contributed by atoms with E-state index in [4.69, 9.17) is 16.7 Å². The van der Waals surface area contributed by atoms with Gasteiger partial charge in [-0.2, -0.15) is 0 Å². The number of hydrogen-bond donors (Lipinski definition) is 2. The van der Waals surface area contributed by atoms with E-state index in [1.165, 1.54) is 0 Å². The van der Waals surface area contributed by atoms with Crippen LogP contribution in [-0.4, -0.2) is 22.1 Å². The molecule has 1 atom stereocenters. The highest BCUT2D eigenvalue weighted by Gasteiger charge is 2.19. The van der Waals surface area contributed by atoms with Crippen molar-refractivity contribution in [1.29, 1.82) is 0 Å². The summed E-state index contributed by atoms with van der Waals surface area (Å²) in [5.74, 6) is -0.191. The Bertz CT molecular complexity index is 369. The van der Waals surface area contributed by atoms with E-state index in [1.54, 1.807) is 18.3 Å². The van der Waals surface area contributed by atoms with Crippen molar-refractivity contribution in [3.8, 4) is 0 Å². The molecule has 0 bridgehead atoms. The zero-order chi connectivity index (χ0) is 12.1. The molecule has 16 heavy (non-hydrogen) atoms. The molecule has 1 unspecified atom stereocenters. The number of carboxylic acids is 1. The Morgan fingerprint density at radius 3 is 2.81 bits per heavy atom. The highest BCUT2D eigenvalue weighted by molar-refractivity contribution is 6.32. The van der Waals surface area contributed by atoms with Gasteiger partial charge in [-0.05, 0) is 24.5 Å². The molecule has 0 aromatic carbocycles. The van der Waals surface area contributed by atoms with Crippen molar-refractivity contribution in [3.63, 3.8) is 0 Å². The maximum absolute atomic E-state index is 11.0. The normalized spacial score (nSPS) is 12.5. The van der Waals surface area contributed by atoms with Crippen LogP contribution >= 0.6 is 11.6 Å². The van der Waals surface area contributed by atoms with Gasteiger partial charge in [-0.25, -0.2) is 9.78 Å². The molecular weight excluding hydrogens is 228 g/mol. The fourth-order valence-electron chi connectivity index (χ4n) is 1.35. The zero-order valence-corrected chi connectivity index (χ0v) is 10.0. The topological polar surface area (TPSA) is 62.2 Å². The minimum absolute atomic E-state index is 0.288. The molecule has 1 heterocycles. The Hall–Kier alpha value is -1.29. The number of aliphatic carboxylic acids is 1. The lowest BCUT2D eigenvalue weighted by atomic mass is 10.0. The number of nitrogens with zero attached hydrogens (tertiary/aromatic N) is 1. The first-order valence-electron chi connectivity index (χ1n) is 5.10. The van der Waals surface area contributed by atoms with Crippen LogP contribution in [0.2, 0.25) is 5.02 Å². The van der Waals surface area contributed by atoms with E-state index in [0.29, 0.717) is 17.3 Å². The van der Waals surface area contributed by atoms with Gasteiger partial charge in [-0.15, -0.1) is 0 Å². The molecule has 88 valence electrons. The van der Waals surface area contributed by atoms with Crippen molar-refractivity contribution in [3.05, 3.63) is 23.4 Å². The summed E-state index contributed by atoms with van der Waals surface area (Å²) in [7, 11) is 0. The van der Waals surface area contributed by atoms with Crippen LogP contribution in [-0.2, 0) is 4.79 Å². The largest absolute Gasteiger partial charge is 0.480 e. The molecule has 4 nitrogen and oxygen atoms in total. The number of hydrogen-bond acceptors (Lipinski definition) is 3. The third-order valence-corrected chi connectivity index (χ3v) is 2.38. The molecule has 1 aromatic heterocycles. The molecule has 0 radical (unpaired) electrons. The molecule has 0 aliphatic heterocycles. The van der Waals surface area contributed by atoms with Crippen LogP contribution in [0.3, 0.4) is 0 Å². The Kier molecular flexibility index (Phi) is 4.55. The summed E-state index contributed by atoms with van der Waals surface area (Å²) in [6, 6.07) is 2.71. The molecule has 0 aliphatic rings. The van der Waals surface area contributed by atoms with Gasteiger partial charge >= 0.3 is 5.97 Å². The van der Waals surface area contributed by atoms with E-state index in [0.717, 1.165) is 0 Å². The average Bonchev–Trinajstić information content (AvgIpc) is 2.19. The lowest BCUT2D eigenvalue weighted by molar-refractivity contribution is -0.138. The Morgan fingerprint density at radius 1 is 1.62 bits per heavy atom. The van der Waals surface area contributed by atoms with E-state index in [-0.39, 0.29) is 5.92 Å². The van der Waals surface area contributed by atoms with Crippen LogP contribution in [0.5, 0.6) is 0 Å². The Morgan fingerprint density at radius 2 is 2.31 bits per heavy atom. The fourth-order valence-corrected chi connectivity index (χ4v) is 1.53. The monoisotopic (exact) mass is 242 g/mol. The van der Waals surface area contributed by atoms with Gasteiger partial charge < -0.3 is 10.4 Å². The minimum Gasteiger partial charge on any atom is -0.480 e. The van der Waals surface area contributed by atoms with Crippen molar-refractivity contribution in [2.45, 2.75) is 26.3 Å². The molecule has 1 aromatic rings. The van der Waals surface area contributed by atoms with E-state index in [1.807, 2.05) is 13.8 Å². The number of pyridine rings is 1. The first-order chi connectivity index (χ1) is 7.50. The zero-order valence-electron chi connectivity index (χ0n) is 9.27. The standard InChI is InChI=1S/C11H15ClN2O2/c1-7(2)6-9(11(15)16)14-10-8(12)4-3-5-13-10/h3-5,7,9H,6H2,1-2H3,(H,13,14)(H,15,16). The van der Waals surface area contributed by atoms with E-state index >= 15 is 0 Å². The van der Waals surface area contributed by atoms with Crippen molar-refractivity contribution < 1.29 is 9.90 Å². The minimum atomic E-state index is -0.893. The van der Waals surface area contributed by atoms with Crippen molar-refractivity contribution >= 4 is 23.4 Å². The number of aromatic nitrogens is 1. The van der Waals surface area contributed by atoms with Crippen LogP contribution in [0.4, 0.5) is 5.82 Å². The van der Waals surface area contributed by atoms with Crippen molar-refractivity contribution in [2.24, 2.45) is 5.92 Å². The van der Waals surface area contributed by atoms with Crippen molar-refractivity contribution in [1.82, 2.24) is 4.98 Å². The van der Waals surface area contributed by atoms with Gasteiger partial charge in [0.1, 0.15) is 11.9 Å². The van der Waals surface area contributed by atoms with Gasteiger partial charge in [-0.3, -0.25) is 0 Å². The van der Waals surface area contributed by atoms with E-state index < -0.39 is 12.0 Å². The van der Waals surface area contributed by atoms with Gasteiger partial charge in [0, 0.05) is 6.20 Å². The van der Waals surface area contributed by atoms with Crippen LogP contribution < -0.4 is 5.32 Å². The molecule has 0 saturated carbocycles. The van der Waals surface area contributed by atoms with Gasteiger partial charge in [0.15, 0.2) is 0 Å². The summed E-state index contributed by atoms with van der Waals surface area (Å²) in [4.78, 5) is 15.0. The number of carbonyl (C=O) groups is 1. The third kappa shape index (κ3) is 3.70. The molecule has 0 saturated heterocycles. The van der Waals surface area contributed by atoms with Crippen LogP contribution in [0.1, 0.15) is 20.3 Å². The molecule has 0 fully saturated rings. The summed E-state index contributed by atoms with van der Waals surface area (Å²) in [5, 5.41) is 12.3. The molecular formula is C11H15ClN2O2. The first kappa shape index (κ1) is 12.8. The van der Waals surface area contributed by atoms with Crippen molar-refractivity contribution in [2.75, 3.05) is 5.32 Å². The van der Waals surface area contributed by atoms with Crippen LogP contribution in [0.15, 0.2) is 18.3 Å². The number of anilines is 1. The molecule has 0 aliphatic carbocycles. The molecule has 5 heteroatoms. The second-order valence-corrected chi connectivity index (χ2v) is 4.41. The second-order valence-electron chi connectivity index (χ2n) is 4.00. The lowest BCUT2D eigenvalue weighted by Gasteiger charge is -2.17. The van der Waals surface area contributed by atoms with Gasteiger partial charge in [0.05, 0.1) is 5.02 Å². The number of carboxylic acid groups (broad SMARTS) is 1. The first-order valence-corrected chi connectivity index (χ1v) is 5.48. The lowest BCUT2D eigenvalue weighted by Crippen LogP contribution is -2.31. The molecule has 0 amide bonds. The fraction of sp³-hybridized carbons (Fsp3) is 0.455. The average molecular weight is 243 g/mol. The molecule has 2 N–H and O–H groups in total. The predicted molar refractivity (Wildman–Crippen MR) is 63.7 cm³/mol. The smallest absolute Gasteiger partial charge is 0.326 e. The predicted octanol–water partition coefficient (Wildman–Crippen LogP) is 2.65. The molecule has 0 spiro atoms. The maximum atomic E-state index is 11.0. The van der Waals surface area contributed by atoms with E-state index in [2.05, 4.69) is 10.3 Å². The van der Waals surface area contributed by atoms with Crippen LogP contribution in [0, 0.1) is 5.92 Å². The number of rotatable bonds is 5. The summed E-state index contributed by atoms with van der Waals surface area (Å²) < 4.78 is 0. The Balaban J connectivity index is 2.76. The van der Waals surface area contributed by atoms with E-state index in [9.17, 15) is 4.79 Å². The maximum Gasteiger partial charge on any atom is 0.326 e. The number of nitrogens with one attached hydrogen (secondary N) is 1. The highest BCUT2D eigenvalue weighted by atomic mass is 35.5. The second kappa shape index (κ2) is 5.70. The summed E-state index contributed by atoms with van der Waals surface area (Å²) in [6.07, 6.45) is 2.10. The SMILES string of the molecule is CC(C)CC(Nc1ncccc1Cl)C(=O)O. The summed E-state index contributed by atoms with van der Waals surface area (Å²) in [5.41, 5.74) is 0. The van der Waals surface area contributed by atoms with Gasteiger partial charge in [0.2, 0.25) is 0 Å². The van der Waals surface area contributed by atoms with Gasteiger partial charge in [-0.1, -0.05) is 25.4 Å². The highest BCUT2D eigenvalue weighted by Crippen LogP contribution is 2.20. The quantitative estimate of drug-likeness (QED) is 0.833. The summed E-state index contributed by atoms with van der Waals surface area (Å²) in [6.45, 7) is 3.94. The molecule has 1 rings (SSSR count). The third-order valence-electron chi connectivity index (χ3n) is 2.07. The Labute approximate surface area is 99.6 Å². The number of halogens is 1. The summed E-state index contributed by atoms with van der Waals surface area (Å²) >= 11 is 5.89. The van der Waals surface area contributed by atoms with Gasteiger partial charge in [0.25, 0.3) is 0 Å². The van der Waals surface area contributed by atoms with Crippen LogP contribution in [0.25, 0.3) is 0 Å².